The molecule has 2 aliphatic heterocycles. The highest BCUT2D eigenvalue weighted by Gasteiger charge is 2.48. The van der Waals surface area contributed by atoms with Crippen molar-refractivity contribution in [1.82, 2.24) is 4.90 Å². The Morgan fingerprint density at radius 3 is 2.42 bits per heavy atom. The predicted molar refractivity (Wildman–Crippen MR) is 87.2 cm³/mol. The summed E-state index contributed by atoms with van der Waals surface area (Å²) >= 11 is 0. The minimum atomic E-state index is -5.62. The number of ether oxygens (including phenoxy) is 1. The number of hydrogen-bond acceptors (Lipinski definition) is 5. The van der Waals surface area contributed by atoms with Gasteiger partial charge in [-0.2, -0.15) is 13.2 Å². The van der Waals surface area contributed by atoms with Gasteiger partial charge in [-0.3, -0.25) is 4.90 Å². The fourth-order valence-electron chi connectivity index (χ4n) is 3.35. The van der Waals surface area contributed by atoms with E-state index in [9.17, 15) is 26.0 Å². The molecule has 1 atom stereocenters. The molecule has 10 heteroatoms. The Hall–Kier alpha value is -1.39. The van der Waals surface area contributed by atoms with Crippen LogP contribution < -0.4 is 4.90 Å². The highest BCUT2D eigenvalue weighted by Crippen LogP contribution is 2.36. The molecular weight excluding hydrogens is 376 g/mol. The molecule has 0 aromatic heterocycles. The van der Waals surface area contributed by atoms with E-state index >= 15 is 0 Å². The Bertz CT molecular complexity index is 740. The molecule has 26 heavy (non-hydrogen) atoms. The minimum absolute atomic E-state index is 0.104. The van der Waals surface area contributed by atoms with Crippen molar-refractivity contribution < 1.29 is 30.7 Å². The van der Waals surface area contributed by atoms with Crippen LogP contribution in [0.4, 0.5) is 23.2 Å². The summed E-state index contributed by atoms with van der Waals surface area (Å²) in [7, 11) is -5.62. The van der Waals surface area contributed by atoms with Gasteiger partial charge in [0, 0.05) is 39.3 Å². The summed E-state index contributed by atoms with van der Waals surface area (Å²) in [6.07, 6.45) is 0.992. The van der Waals surface area contributed by atoms with Crippen LogP contribution in [-0.4, -0.2) is 64.8 Å². The first-order valence-corrected chi connectivity index (χ1v) is 9.83. The summed E-state index contributed by atoms with van der Waals surface area (Å²) in [5.41, 5.74) is -5.58. The average Bonchev–Trinajstić information content (AvgIpc) is 3.07. The van der Waals surface area contributed by atoms with Gasteiger partial charge in [0.15, 0.2) is 0 Å². The maximum Gasteiger partial charge on any atom is 0.501 e. The van der Waals surface area contributed by atoms with Crippen molar-refractivity contribution in [2.24, 2.45) is 5.92 Å². The molecule has 5 nitrogen and oxygen atoms in total. The van der Waals surface area contributed by atoms with E-state index in [4.69, 9.17) is 4.74 Å². The average molecular weight is 396 g/mol. The van der Waals surface area contributed by atoms with Crippen molar-refractivity contribution in [3.63, 3.8) is 0 Å². The molecule has 3 rings (SSSR count). The molecule has 0 radical (unpaired) electrons. The van der Waals surface area contributed by atoms with Crippen LogP contribution >= 0.6 is 0 Å². The third-order valence-electron chi connectivity index (χ3n) is 4.77. The van der Waals surface area contributed by atoms with Crippen LogP contribution in [0.25, 0.3) is 0 Å². The van der Waals surface area contributed by atoms with Crippen molar-refractivity contribution >= 4 is 15.5 Å². The lowest BCUT2D eigenvalue weighted by atomic mass is 10.1. The van der Waals surface area contributed by atoms with Crippen LogP contribution in [0.2, 0.25) is 0 Å². The summed E-state index contributed by atoms with van der Waals surface area (Å²) in [6, 6.07) is 2.53. The molecule has 0 N–H and O–H groups in total. The lowest BCUT2D eigenvalue weighted by Gasteiger charge is -2.37. The van der Waals surface area contributed by atoms with E-state index in [-0.39, 0.29) is 5.69 Å². The van der Waals surface area contributed by atoms with E-state index in [1.807, 2.05) is 0 Å². The van der Waals surface area contributed by atoms with E-state index in [1.54, 1.807) is 4.90 Å². The first kappa shape index (κ1) is 19.4. The Morgan fingerprint density at radius 1 is 1.15 bits per heavy atom. The van der Waals surface area contributed by atoms with Crippen molar-refractivity contribution in [3.8, 4) is 0 Å². The highest BCUT2D eigenvalue weighted by molar-refractivity contribution is 7.92. The largest absolute Gasteiger partial charge is 0.501 e. The van der Waals surface area contributed by atoms with Crippen LogP contribution in [0.5, 0.6) is 0 Å². The normalized spacial score (nSPS) is 22.8. The monoisotopic (exact) mass is 396 g/mol. The van der Waals surface area contributed by atoms with Crippen molar-refractivity contribution in [2.75, 3.05) is 50.8 Å². The number of rotatable bonds is 4. The fraction of sp³-hybridized carbons (Fsp3) is 0.625. The first-order chi connectivity index (χ1) is 12.2. The summed E-state index contributed by atoms with van der Waals surface area (Å²) in [5.74, 6) is -0.565. The highest BCUT2D eigenvalue weighted by atomic mass is 32.2. The molecule has 1 aromatic rings. The SMILES string of the molecule is O=S(=O)(c1cc(F)ccc1N1CCN(CC2CCOC2)CC1)C(F)(F)F. The topological polar surface area (TPSA) is 49.9 Å². The van der Waals surface area contributed by atoms with Crippen LogP contribution in [0.1, 0.15) is 6.42 Å². The first-order valence-electron chi connectivity index (χ1n) is 8.34. The molecule has 0 bridgehead atoms. The van der Waals surface area contributed by atoms with Gasteiger partial charge in [0.1, 0.15) is 10.7 Å². The summed E-state index contributed by atoms with van der Waals surface area (Å²) in [5, 5.41) is 0. The Labute approximate surface area is 149 Å². The number of nitrogens with zero attached hydrogens (tertiary/aromatic N) is 2. The van der Waals surface area contributed by atoms with E-state index in [0.29, 0.717) is 44.8 Å². The van der Waals surface area contributed by atoms with Gasteiger partial charge in [0.05, 0.1) is 12.3 Å². The van der Waals surface area contributed by atoms with E-state index in [1.165, 1.54) is 0 Å². The van der Waals surface area contributed by atoms with Gasteiger partial charge >= 0.3 is 5.51 Å². The van der Waals surface area contributed by atoms with Crippen LogP contribution in [0, 0.1) is 11.7 Å². The number of sulfone groups is 1. The molecule has 0 saturated carbocycles. The molecule has 146 valence electrons. The zero-order valence-corrected chi connectivity index (χ0v) is 14.8. The Kier molecular flexibility index (Phi) is 5.45. The quantitative estimate of drug-likeness (QED) is 0.731. The van der Waals surface area contributed by atoms with E-state index in [2.05, 4.69) is 4.90 Å². The number of benzene rings is 1. The van der Waals surface area contributed by atoms with Crippen LogP contribution in [0.15, 0.2) is 23.1 Å². The van der Waals surface area contributed by atoms with Gasteiger partial charge < -0.3 is 9.64 Å². The van der Waals surface area contributed by atoms with Gasteiger partial charge in [0.2, 0.25) is 0 Å². The summed E-state index contributed by atoms with van der Waals surface area (Å²) in [4.78, 5) is 2.74. The van der Waals surface area contributed by atoms with E-state index in [0.717, 1.165) is 31.7 Å². The molecule has 1 unspecified atom stereocenters. The lowest BCUT2D eigenvalue weighted by Crippen LogP contribution is -2.48. The van der Waals surface area contributed by atoms with E-state index < -0.39 is 26.1 Å². The van der Waals surface area contributed by atoms with Gasteiger partial charge in [-0.1, -0.05) is 0 Å². The number of halogens is 4. The second-order valence-corrected chi connectivity index (χ2v) is 8.49. The van der Waals surface area contributed by atoms with Gasteiger partial charge in [-0.15, -0.1) is 0 Å². The molecule has 1 aromatic carbocycles. The smallest absolute Gasteiger partial charge is 0.381 e. The second-order valence-electron chi connectivity index (χ2n) is 6.58. The number of anilines is 1. The van der Waals surface area contributed by atoms with Crippen LogP contribution in [0.3, 0.4) is 0 Å². The summed E-state index contributed by atoms with van der Waals surface area (Å²) in [6.45, 7) is 4.26. The lowest BCUT2D eigenvalue weighted by molar-refractivity contribution is -0.0435. The Balaban J connectivity index is 1.76. The number of hydrogen-bond donors (Lipinski definition) is 0. The van der Waals surface area contributed by atoms with Crippen molar-refractivity contribution in [2.45, 2.75) is 16.8 Å². The third kappa shape index (κ3) is 3.96. The summed E-state index contributed by atoms with van der Waals surface area (Å²) < 4.78 is 81.2. The zero-order valence-electron chi connectivity index (χ0n) is 14.0. The molecule has 0 aliphatic carbocycles. The van der Waals surface area contributed by atoms with Crippen molar-refractivity contribution in [1.29, 1.82) is 0 Å². The number of alkyl halides is 3. The predicted octanol–water partition coefficient (Wildman–Crippen LogP) is 2.28. The molecule has 2 fully saturated rings. The molecule has 2 heterocycles. The second kappa shape index (κ2) is 7.32. The standard InChI is InChI=1S/C16H20F4N2O3S/c17-13-1-2-14(15(9-13)26(23,24)16(18,19)20)22-6-4-21(5-7-22)10-12-3-8-25-11-12/h1-2,9,12H,3-8,10-11H2. The van der Waals surface area contributed by atoms with Crippen LogP contribution in [-0.2, 0) is 14.6 Å². The molecule has 2 saturated heterocycles. The molecule has 0 amide bonds. The zero-order chi connectivity index (χ0) is 18.9. The van der Waals surface area contributed by atoms with Gasteiger partial charge in [-0.05, 0) is 30.5 Å². The Morgan fingerprint density at radius 2 is 1.85 bits per heavy atom. The van der Waals surface area contributed by atoms with Gasteiger partial charge in [0.25, 0.3) is 9.84 Å². The maximum absolute atomic E-state index is 13.5. The number of piperazine rings is 1. The van der Waals surface area contributed by atoms with Crippen molar-refractivity contribution in [3.05, 3.63) is 24.0 Å². The maximum atomic E-state index is 13.5. The molecule has 0 spiro atoms. The third-order valence-corrected chi connectivity index (χ3v) is 6.28. The molecule has 2 aliphatic rings. The molecular formula is C16H20F4N2O3S. The fourth-order valence-corrected chi connectivity index (χ4v) is 4.34. The van der Waals surface area contributed by atoms with Gasteiger partial charge in [-0.25, -0.2) is 12.8 Å². The minimum Gasteiger partial charge on any atom is -0.381 e.